The van der Waals surface area contributed by atoms with Gasteiger partial charge in [0, 0.05) is 49.8 Å². The number of aryl methyl sites for hydroxylation is 4. The van der Waals surface area contributed by atoms with E-state index in [-0.39, 0.29) is 0 Å². The lowest BCUT2D eigenvalue weighted by Gasteiger charge is -2.29. The smallest absolute Gasteiger partial charge is 0.208 e. The number of anilines is 3. The van der Waals surface area contributed by atoms with E-state index in [1.807, 2.05) is 18.2 Å². The Bertz CT molecular complexity index is 1860. The highest BCUT2D eigenvalue weighted by molar-refractivity contribution is 9.15. The van der Waals surface area contributed by atoms with Crippen molar-refractivity contribution >= 4 is 135 Å². The molecule has 6 nitrogen and oxygen atoms in total. The van der Waals surface area contributed by atoms with Gasteiger partial charge in [-0.15, -0.1) is 0 Å². The maximum absolute atomic E-state index is 5.00. The largest absolute Gasteiger partial charge is 0.342 e. The van der Waals surface area contributed by atoms with Gasteiger partial charge in [0.05, 0.1) is 20.0 Å². The number of aromatic nitrogens is 4. The molecule has 1 fully saturated rings. The minimum atomic E-state index is 0.896. The average Bonchev–Trinajstić information content (AvgIpc) is 3.62. The molecule has 0 unspecified atom stereocenters. The zero-order chi connectivity index (χ0) is 29.8. The second-order valence-corrected chi connectivity index (χ2v) is 15.9. The van der Waals surface area contributed by atoms with Crippen LogP contribution >= 0.6 is 95.6 Å². The van der Waals surface area contributed by atoms with Gasteiger partial charge in [-0.1, -0.05) is 18.2 Å². The van der Waals surface area contributed by atoms with E-state index < -0.39 is 0 Å². The molecule has 0 amide bonds. The maximum atomic E-state index is 5.00. The van der Waals surface area contributed by atoms with Gasteiger partial charge in [-0.2, -0.15) is 0 Å². The van der Waals surface area contributed by atoms with Crippen LogP contribution in [0.5, 0.6) is 0 Å². The zero-order valence-corrected chi connectivity index (χ0v) is 32.7. The van der Waals surface area contributed by atoms with E-state index in [0.717, 1.165) is 96.4 Å². The summed E-state index contributed by atoms with van der Waals surface area (Å²) >= 11 is 22.2. The van der Waals surface area contributed by atoms with Gasteiger partial charge in [0.25, 0.3) is 0 Å². The fourth-order valence-corrected chi connectivity index (χ4v) is 9.98. The van der Waals surface area contributed by atoms with Crippen LogP contribution in [-0.4, -0.2) is 32.2 Å². The first-order valence-electron chi connectivity index (χ1n) is 14.5. The Labute approximate surface area is 301 Å². The number of nitrogens with one attached hydrogen (secondary N) is 1. The van der Waals surface area contributed by atoms with Gasteiger partial charge >= 0.3 is 0 Å². The van der Waals surface area contributed by atoms with Crippen LogP contribution < -0.4 is 10.2 Å². The molecular formula is C31H28Br6N6. The van der Waals surface area contributed by atoms with Crippen molar-refractivity contribution in [3.8, 4) is 0 Å². The first kappa shape index (κ1) is 30.7. The minimum Gasteiger partial charge on any atom is -0.342 e. The average molecular weight is 964 g/mol. The summed E-state index contributed by atoms with van der Waals surface area (Å²) in [6.45, 7) is 4.34. The number of hydrogen-bond donors (Lipinski definition) is 1. The lowest BCUT2D eigenvalue weighted by molar-refractivity contribution is 0.546. The Kier molecular flexibility index (Phi) is 9.07. The van der Waals surface area contributed by atoms with Crippen molar-refractivity contribution in [2.24, 2.45) is 0 Å². The van der Waals surface area contributed by atoms with Crippen molar-refractivity contribution in [3.05, 3.63) is 68.3 Å². The molecule has 43 heavy (non-hydrogen) atoms. The maximum Gasteiger partial charge on any atom is 0.208 e. The van der Waals surface area contributed by atoms with E-state index in [9.17, 15) is 0 Å². The van der Waals surface area contributed by atoms with E-state index in [1.165, 1.54) is 52.3 Å². The first-order chi connectivity index (χ1) is 20.8. The van der Waals surface area contributed by atoms with Gasteiger partial charge in [-0.3, -0.25) is 0 Å². The minimum absolute atomic E-state index is 0.896. The van der Waals surface area contributed by atoms with E-state index in [2.05, 4.69) is 127 Å². The highest BCUT2D eigenvalue weighted by atomic mass is 79.9. The number of piperidine rings is 1. The van der Waals surface area contributed by atoms with Crippen molar-refractivity contribution in [1.29, 1.82) is 0 Å². The third-order valence-corrected chi connectivity index (χ3v) is 15.5. The standard InChI is InChI=1S/C16H12Br3N3.C15H16Br3N3/c17-11-10-7-4-8-22-15(10)14(13(19)12(11)18)21-16(22)20-9-5-2-1-3-6-9;16-10-9-5-4-8-21-14(9)13(12(18)11(10)17)19-15(21)20-6-2-1-3-7-20/h1-3,5-6H,4,7-8H2,(H,20,21);1-8H2. The van der Waals surface area contributed by atoms with Crippen LogP contribution in [0.3, 0.4) is 0 Å². The van der Waals surface area contributed by atoms with Crippen LogP contribution in [0, 0.1) is 0 Å². The molecule has 5 aromatic rings. The molecule has 2 aromatic heterocycles. The van der Waals surface area contributed by atoms with Crippen molar-refractivity contribution in [2.45, 2.75) is 58.0 Å². The third kappa shape index (κ3) is 5.47. The summed E-state index contributed by atoms with van der Waals surface area (Å²) in [5.41, 5.74) is 8.39. The molecule has 0 atom stereocenters. The summed E-state index contributed by atoms with van der Waals surface area (Å²) in [7, 11) is 0. The topological polar surface area (TPSA) is 50.9 Å². The predicted octanol–water partition coefficient (Wildman–Crippen LogP) is 11.3. The number of halogens is 6. The summed E-state index contributed by atoms with van der Waals surface area (Å²) in [5, 5.41) is 3.44. The lowest BCUT2D eigenvalue weighted by atomic mass is 10.0. The number of benzene rings is 3. The van der Waals surface area contributed by atoms with Gasteiger partial charge < -0.3 is 19.4 Å². The molecule has 0 saturated carbocycles. The molecule has 5 heterocycles. The Morgan fingerprint density at radius 1 is 0.558 bits per heavy atom. The van der Waals surface area contributed by atoms with Crippen LogP contribution in [0.25, 0.3) is 22.1 Å². The highest BCUT2D eigenvalue weighted by Crippen LogP contribution is 2.45. The van der Waals surface area contributed by atoms with Crippen molar-refractivity contribution < 1.29 is 0 Å². The Balaban J connectivity index is 0.000000140. The van der Waals surface area contributed by atoms with Gasteiger partial charge in [0.15, 0.2) is 0 Å². The third-order valence-electron chi connectivity index (χ3n) is 8.49. The summed E-state index contributed by atoms with van der Waals surface area (Å²) in [6, 6.07) is 10.2. The fourth-order valence-electron chi connectivity index (χ4n) is 6.48. The Hall–Kier alpha value is -0.920. The van der Waals surface area contributed by atoms with Gasteiger partial charge in [-0.25, -0.2) is 9.97 Å². The second kappa shape index (κ2) is 12.7. The van der Waals surface area contributed by atoms with Crippen molar-refractivity contribution in [2.75, 3.05) is 23.3 Å². The first-order valence-corrected chi connectivity index (χ1v) is 19.3. The lowest BCUT2D eigenvalue weighted by Crippen LogP contribution is -2.32. The molecule has 0 aliphatic carbocycles. The summed E-state index contributed by atoms with van der Waals surface area (Å²) in [5.74, 6) is 2.06. The number of imidazole rings is 2. The van der Waals surface area contributed by atoms with Crippen molar-refractivity contribution in [3.63, 3.8) is 0 Å². The summed E-state index contributed by atoms with van der Waals surface area (Å²) < 4.78 is 11.2. The van der Waals surface area contributed by atoms with E-state index >= 15 is 0 Å². The molecular weight excluding hydrogens is 936 g/mol. The molecule has 0 radical (unpaired) electrons. The quantitative estimate of drug-likeness (QED) is 0.183. The van der Waals surface area contributed by atoms with Crippen LogP contribution in [-0.2, 0) is 25.9 Å². The van der Waals surface area contributed by atoms with E-state index in [1.54, 1.807) is 0 Å². The van der Waals surface area contributed by atoms with Crippen LogP contribution in [0.4, 0.5) is 17.6 Å². The molecule has 3 aliphatic rings. The van der Waals surface area contributed by atoms with Crippen LogP contribution in [0.2, 0.25) is 0 Å². The monoisotopic (exact) mass is 958 g/mol. The molecule has 12 heteroatoms. The number of rotatable bonds is 3. The van der Waals surface area contributed by atoms with Crippen LogP contribution in [0.15, 0.2) is 57.2 Å². The molecule has 0 bridgehead atoms. The summed E-state index contributed by atoms with van der Waals surface area (Å²) in [6.07, 6.45) is 8.41. The fraction of sp³-hybridized carbons (Fsp3) is 0.355. The Morgan fingerprint density at radius 3 is 1.74 bits per heavy atom. The molecule has 1 saturated heterocycles. The van der Waals surface area contributed by atoms with Gasteiger partial charge in [-0.05, 0) is 164 Å². The normalized spacial score (nSPS) is 16.0. The van der Waals surface area contributed by atoms with Gasteiger partial charge in [0.2, 0.25) is 11.9 Å². The summed E-state index contributed by atoms with van der Waals surface area (Å²) in [4.78, 5) is 12.3. The van der Waals surface area contributed by atoms with Crippen molar-refractivity contribution in [1.82, 2.24) is 19.1 Å². The van der Waals surface area contributed by atoms with E-state index in [0.29, 0.717) is 0 Å². The second-order valence-electron chi connectivity index (χ2n) is 11.1. The molecule has 3 aromatic carbocycles. The molecule has 224 valence electrons. The highest BCUT2D eigenvalue weighted by Gasteiger charge is 2.28. The predicted molar refractivity (Wildman–Crippen MR) is 198 cm³/mol. The molecule has 8 rings (SSSR count). The number of para-hydroxylation sites is 1. The SMILES string of the molecule is Brc1c(Br)c2c3c(nc(N4CCCCC4)n3CCC2)c1Br.Brc1c(Br)c2c3c(nc(Nc4ccccc4)n3CCC2)c1Br. The number of hydrogen-bond acceptors (Lipinski definition) is 4. The molecule has 3 aliphatic heterocycles. The number of nitrogens with zero attached hydrogens (tertiary/aromatic N) is 5. The van der Waals surface area contributed by atoms with Gasteiger partial charge in [0.1, 0.15) is 11.0 Å². The molecule has 1 N–H and O–H groups in total. The molecule has 0 spiro atoms. The Morgan fingerprint density at radius 2 is 1.12 bits per heavy atom. The van der Waals surface area contributed by atoms with Crippen LogP contribution in [0.1, 0.15) is 43.2 Å². The zero-order valence-electron chi connectivity index (χ0n) is 23.2. The van der Waals surface area contributed by atoms with E-state index in [4.69, 9.17) is 9.97 Å².